The molecule has 1 atom stereocenters. The predicted octanol–water partition coefficient (Wildman–Crippen LogP) is 3.64. The highest BCUT2D eigenvalue weighted by molar-refractivity contribution is 7.17. The van der Waals surface area contributed by atoms with Crippen molar-refractivity contribution in [3.05, 3.63) is 59.0 Å². The molecule has 1 aliphatic rings. The van der Waals surface area contributed by atoms with Crippen LogP contribution in [0.5, 0.6) is 0 Å². The molecule has 0 unspecified atom stereocenters. The number of nitrogens with zero attached hydrogens (tertiary/aromatic N) is 2. The van der Waals surface area contributed by atoms with Gasteiger partial charge < -0.3 is 15.8 Å². The van der Waals surface area contributed by atoms with E-state index in [9.17, 15) is 9.18 Å². The van der Waals surface area contributed by atoms with Crippen LogP contribution in [0, 0.1) is 5.82 Å². The molecule has 0 aliphatic carbocycles. The molecule has 0 spiro atoms. The molecule has 0 saturated carbocycles. The number of ether oxygens (including phenoxy) is 1. The van der Waals surface area contributed by atoms with Crippen LogP contribution >= 0.6 is 11.3 Å². The number of pyridine rings is 1. The second-order valence-electron chi connectivity index (χ2n) is 6.47. The second kappa shape index (κ2) is 6.62. The number of hydrogen-bond acceptors (Lipinski definition) is 6. The minimum Gasteiger partial charge on any atom is -0.465 e. The summed E-state index contributed by atoms with van der Waals surface area (Å²) in [5.41, 5.74) is 5.98. The smallest absolute Gasteiger partial charge is 0.282 e. The second-order valence-corrected chi connectivity index (χ2v) is 7.39. The molecule has 4 rings (SSSR count). The Labute approximate surface area is 158 Å². The number of nitrogens with one attached hydrogen (secondary N) is 1. The highest BCUT2D eigenvalue weighted by atomic mass is 32.1. The fourth-order valence-corrected chi connectivity index (χ4v) is 4.02. The van der Waals surface area contributed by atoms with E-state index in [0.29, 0.717) is 30.0 Å². The average molecular weight is 384 g/mol. The quantitative estimate of drug-likeness (QED) is 0.721. The van der Waals surface area contributed by atoms with Gasteiger partial charge in [0.05, 0.1) is 16.8 Å². The number of amidine groups is 1. The van der Waals surface area contributed by atoms with Gasteiger partial charge in [-0.2, -0.15) is 0 Å². The molecular weight excluding hydrogens is 367 g/mol. The van der Waals surface area contributed by atoms with Gasteiger partial charge >= 0.3 is 0 Å². The van der Waals surface area contributed by atoms with Crippen molar-refractivity contribution in [3.63, 3.8) is 0 Å². The molecule has 3 N–H and O–H groups in total. The lowest BCUT2D eigenvalue weighted by Crippen LogP contribution is -2.34. The summed E-state index contributed by atoms with van der Waals surface area (Å²) < 4.78 is 20.4. The molecule has 0 saturated heterocycles. The third-order valence-electron chi connectivity index (χ3n) is 4.58. The number of rotatable bonds is 3. The standard InChI is InChI=1S/C19H17FN4O2S/c1-19(6-8-26-18(21)24-19)13-10-12(2-3-14(13)20)23-17(25)15-16-11(4-7-22-15)5-9-27-16/h2-5,7,9-10H,6,8H2,1H3,(H2,21,24)(H,23,25)/t19-/m0/s1. The van der Waals surface area contributed by atoms with Crippen LogP contribution in [0.4, 0.5) is 10.1 Å². The summed E-state index contributed by atoms with van der Waals surface area (Å²) in [6, 6.07) is 8.24. The summed E-state index contributed by atoms with van der Waals surface area (Å²) in [6.45, 7) is 2.15. The van der Waals surface area contributed by atoms with Gasteiger partial charge in [0.1, 0.15) is 11.5 Å². The van der Waals surface area contributed by atoms with Gasteiger partial charge in [0.2, 0.25) is 0 Å². The van der Waals surface area contributed by atoms with Crippen LogP contribution in [-0.2, 0) is 10.3 Å². The Morgan fingerprint density at radius 3 is 3.04 bits per heavy atom. The van der Waals surface area contributed by atoms with Gasteiger partial charge in [0.25, 0.3) is 11.9 Å². The number of carbonyl (C=O) groups is 1. The van der Waals surface area contributed by atoms with Gasteiger partial charge in [-0.3, -0.25) is 4.79 Å². The van der Waals surface area contributed by atoms with E-state index in [4.69, 9.17) is 10.5 Å². The Morgan fingerprint density at radius 2 is 2.22 bits per heavy atom. The number of carbonyl (C=O) groups excluding carboxylic acids is 1. The predicted molar refractivity (Wildman–Crippen MR) is 104 cm³/mol. The highest BCUT2D eigenvalue weighted by Gasteiger charge is 2.33. The number of halogens is 1. The van der Waals surface area contributed by atoms with E-state index in [-0.39, 0.29) is 11.9 Å². The summed E-state index contributed by atoms with van der Waals surface area (Å²) in [6.07, 6.45) is 2.08. The van der Waals surface area contributed by atoms with Crippen LogP contribution in [0.2, 0.25) is 0 Å². The summed E-state index contributed by atoms with van der Waals surface area (Å²) in [4.78, 5) is 21.2. The summed E-state index contributed by atoms with van der Waals surface area (Å²) in [5, 5.41) is 5.67. The van der Waals surface area contributed by atoms with Gasteiger partial charge in [-0.1, -0.05) is 0 Å². The molecule has 8 heteroatoms. The Morgan fingerprint density at radius 1 is 1.37 bits per heavy atom. The number of aromatic nitrogens is 1. The normalized spacial score (nSPS) is 19.4. The third-order valence-corrected chi connectivity index (χ3v) is 5.52. The number of thiophene rings is 1. The van der Waals surface area contributed by atoms with E-state index in [1.54, 1.807) is 19.2 Å². The van der Waals surface area contributed by atoms with Crippen molar-refractivity contribution < 1.29 is 13.9 Å². The van der Waals surface area contributed by atoms with Crippen molar-refractivity contribution >= 4 is 39.0 Å². The average Bonchev–Trinajstić information content (AvgIpc) is 3.11. The first-order valence-electron chi connectivity index (χ1n) is 8.38. The monoisotopic (exact) mass is 384 g/mol. The zero-order valence-electron chi connectivity index (χ0n) is 14.5. The highest BCUT2D eigenvalue weighted by Crippen LogP contribution is 2.35. The topological polar surface area (TPSA) is 89.6 Å². The lowest BCUT2D eigenvalue weighted by atomic mass is 9.88. The molecular formula is C19H17FN4O2S. The van der Waals surface area contributed by atoms with Crippen LogP contribution in [0.3, 0.4) is 0 Å². The van der Waals surface area contributed by atoms with Crippen molar-refractivity contribution in [2.24, 2.45) is 10.7 Å². The molecule has 2 aromatic heterocycles. The molecule has 3 heterocycles. The lowest BCUT2D eigenvalue weighted by Gasteiger charge is -2.30. The Balaban J connectivity index is 1.66. The lowest BCUT2D eigenvalue weighted by molar-refractivity contribution is 0.102. The van der Waals surface area contributed by atoms with Gasteiger partial charge in [0, 0.05) is 23.9 Å². The fourth-order valence-electron chi connectivity index (χ4n) is 3.14. The molecule has 6 nitrogen and oxygen atoms in total. The molecule has 1 aliphatic heterocycles. The van der Waals surface area contributed by atoms with Crippen molar-refractivity contribution in [3.8, 4) is 0 Å². The number of fused-ring (bicyclic) bond motifs is 1. The zero-order chi connectivity index (χ0) is 19.0. The van der Waals surface area contributed by atoms with Crippen LogP contribution in [0.15, 0.2) is 46.9 Å². The van der Waals surface area contributed by atoms with Crippen LogP contribution in [-0.4, -0.2) is 23.5 Å². The van der Waals surface area contributed by atoms with Crippen molar-refractivity contribution in [1.29, 1.82) is 0 Å². The summed E-state index contributed by atoms with van der Waals surface area (Å²) in [5.74, 6) is -0.756. The number of amides is 1. The van der Waals surface area contributed by atoms with Gasteiger partial charge in [-0.15, -0.1) is 11.3 Å². The Kier molecular flexibility index (Phi) is 4.27. The molecule has 27 heavy (non-hydrogen) atoms. The minimum absolute atomic E-state index is 0.0335. The first-order valence-corrected chi connectivity index (χ1v) is 9.26. The molecule has 1 amide bonds. The van der Waals surface area contributed by atoms with Crippen LogP contribution in [0.25, 0.3) is 10.1 Å². The Bertz CT molecular complexity index is 1060. The van der Waals surface area contributed by atoms with E-state index >= 15 is 0 Å². The molecule has 0 bridgehead atoms. The number of aliphatic imine (C=N–C) groups is 1. The molecule has 1 aromatic carbocycles. The van der Waals surface area contributed by atoms with Gasteiger partial charge in [-0.05, 0) is 48.0 Å². The van der Waals surface area contributed by atoms with Gasteiger partial charge in [0.15, 0.2) is 0 Å². The van der Waals surface area contributed by atoms with Crippen LogP contribution in [0.1, 0.15) is 29.4 Å². The third kappa shape index (κ3) is 3.23. The van der Waals surface area contributed by atoms with E-state index < -0.39 is 11.4 Å². The molecule has 3 aromatic rings. The minimum atomic E-state index is -0.848. The first kappa shape index (κ1) is 17.4. The van der Waals surface area contributed by atoms with Crippen molar-refractivity contribution in [2.75, 3.05) is 11.9 Å². The summed E-state index contributed by atoms with van der Waals surface area (Å²) >= 11 is 1.45. The van der Waals surface area contributed by atoms with Crippen LogP contribution < -0.4 is 11.1 Å². The van der Waals surface area contributed by atoms with Gasteiger partial charge in [-0.25, -0.2) is 14.4 Å². The number of anilines is 1. The van der Waals surface area contributed by atoms with E-state index in [1.807, 2.05) is 17.5 Å². The number of nitrogens with two attached hydrogens (primary N) is 1. The molecule has 0 fully saturated rings. The number of benzene rings is 1. The van der Waals surface area contributed by atoms with E-state index in [1.165, 1.54) is 23.5 Å². The van der Waals surface area contributed by atoms with Crippen molar-refractivity contribution in [1.82, 2.24) is 4.98 Å². The molecule has 0 radical (unpaired) electrons. The molecule has 138 valence electrons. The SMILES string of the molecule is C[C@@]1(c2cc(NC(=O)c3nccc4ccsc34)ccc2F)CCOC(N)=N1. The largest absolute Gasteiger partial charge is 0.465 e. The zero-order valence-corrected chi connectivity index (χ0v) is 15.3. The van der Waals surface area contributed by atoms with Crippen molar-refractivity contribution in [2.45, 2.75) is 18.9 Å². The maximum Gasteiger partial charge on any atom is 0.282 e. The Hall–Kier alpha value is -3.00. The van der Waals surface area contributed by atoms with E-state index in [0.717, 1.165) is 10.1 Å². The maximum atomic E-state index is 14.5. The fraction of sp³-hybridized carbons (Fsp3) is 0.211. The van der Waals surface area contributed by atoms with E-state index in [2.05, 4.69) is 15.3 Å². The number of hydrogen-bond donors (Lipinski definition) is 2. The maximum absolute atomic E-state index is 14.5. The summed E-state index contributed by atoms with van der Waals surface area (Å²) in [7, 11) is 0. The first-order chi connectivity index (χ1) is 13.0.